The average molecular weight is 450 g/mol. The lowest BCUT2D eigenvalue weighted by Crippen LogP contribution is -2.22. The van der Waals surface area contributed by atoms with Crippen LogP contribution < -0.4 is 10.0 Å². The van der Waals surface area contributed by atoms with E-state index in [1.54, 1.807) is 24.3 Å². The highest BCUT2D eigenvalue weighted by Gasteiger charge is 2.29. The van der Waals surface area contributed by atoms with E-state index in [9.17, 15) is 13.2 Å². The van der Waals surface area contributed by atoms with Crippen molar-refractivity contribution >= 4 is 43.4 Å². The van der Waals surface area contributed by atoms with E-state index in [4.69, 9.17) is 0 Å². The van der Waals surface area contributed by atoms with Gasteiger partial charge in [0.15, 0.2) is 0 Å². The van der Waals surface area contributed by atoms with Crippen LogP contribution >= 0.6 is 15.9 Å². The highest BCUT2D eigenvalue weighted by atomic mass is 79.9. The molecule has 142 valence electrons. The molecule has 6 nitrogen and oxygen atoms in total. The van der Waals surface area contributed by atoms with E-state index in [-0.39, 0.29) is 10.8 Å². The first-order valence-corrected chi connectivity index (χ1v) is 11.0. The van der Waals surface area contributed by atoms with Gasteiger partial charge in [-0.3, -0.25) is 14.5 Å². The Hall–Kier alpha value is -2.19. The summed E-state index contributed by atoms with van der Waals surface area (Å²) in [6.07, 6.45) is 2.83. The van der Waals surface area contributed by atoms with Gasteiger partial charge in [0.05, 0.1) is 4.90 Å². The molecule has 0 saturated carbocycles. The molecule has 2 N–H and O–H groups in total. The quantitative estimate of drug-likeness (QED) is 0.631. The van der Waals surface area contributed by atoms with Gasteiger partial charge in [0.1, 0.15) is 5.84 Å². The van der Waals surface area contributed by atoms with Gasteiger partial charge in [-0.25, -0.2) is 8.42 Å². The van der Waals surface area contributed by atoms with Crippen molar-refractivity contribution in [3.05, 3.63) is 58.6 Å². The van der Waals surface area contributed by atoms with Crippen molar-refractivity contribution in [3.63, 3.8) is 0 Å². The third kappa shape index (κ3) is 5.17. The van der Waals surface area contributed by atoms with Gasteiger partial charge in [-0.2, -0.15) is 0 Å². The summed E-state index contributed by atoms with van der Waals surface area (Å²) in [6.45, 7) is 0.513. The summed E-state index contributed by atoms with van der Waals surface area (Å²) in [6, 6.07) is 14.3. The monoisotopic (exact) mass is 449 g/mol. The number of aliphatic imine (C=N–C) groups is 1. The lowest BCUT2D eigenvalue weighted by atomic mass is 10.2. The molecule has 0 saturated heterocycles. The van der Waals surface area contributed by atoms with E-state index in [2.05, 4.69) is 31.0 Å². The third-order valence-corrected chi connectivity index (χ3v) is 5.99. The number of amides is 1. The Bertz CT molecular complexity index is 974. The van der Waals surface area contributed by atoms with E-state index >= 15 is 0 Å². The number of nitrogens with zero attached hydrogens (tertiary/aromatic N) is 1. The Balaban J connectivity index is 1.41. The number of carbonyl (C=O) groups is 1. The molecular formula is C19H20BrN3O3S. The molecule has 1 aliphatic heterocycles. The fraction of sp³-hybridized carbons (Fsp3) is 0.263. The molecule has 8 heteroatoms. The standard InChI is InChI=1S/C19H20BrN3O3S/c20-14-7-6-8-15(13-14)22-18(24)11-2-1-5-12-21-19-16-9-3-4-10-17(16)27(25,26)23-19/h3-4,6-10,13H,1-2,5,11-12H2,(H,21,23)(H,22,24). The Morgan fingerprint density at radius 3 is 2.70 bits per heavy atom. The molecule has 0 radical (unpaired) electrons. The average Bonchev–Trinajstić information content (AvgIpc) is 2.89. The molecule has 0 spiro atoms. The number of anilines is 1. The SMILES string of the molecule is O=C(CCCCCN=C1NS(=O)(=O)c2ccccc21)Nc1cccc(Br)c1. The number of nitrogens with one attached hydrogen (secondary N) is 2. The number of rotatable bonds is 7. The van der Waals surface area contributed by atoms with Crippen LogP contribution in [0.1, 0.15) is 31.2 Å². The van der Waals surface area contributed by atoms with Crippen LogP contribution in [0.25, 0.3) is 0 Å². The van der Waals surface area contributed by atoms with Gasteiger partial charge in [0, 0.05) is 28.7 Å². The predicted molar refractivity (Wildman–Crippen MR) is 109 cm³/mol. The van der Waals surface area contributed by atoms with Crippen LogP contribution in [0, 0.1) is 0 Å². The molecule has 27 heavy (non-hydrogen) atoms. The molecule has 0 aromatic heterocycles. The Morgan fingerprint density at radius 2 is 1.89 bits per heavy atom. The topological polar surface area (TPSA) is 87.6 Å². The summed E-state index contributed by atoms with van der Waals surface area (Å²) in [5.74, 6) is 0.384. The maximum Gasteiger partial charge on any atom is 0.263 e. The number of hydrogen-bond acceptors (Lipinski definition) is 4. The van der Waals surface area contributed by atoms with Crippen molar-refractivity contribution < 1.29 is 13.2 Å². The van der Waals surface area contributed by atoms with Crippen molar-refractivity contribution in [1.82, 2.24) is 4.72 Å². The molecule has 1 aliphatic rings. The number of carbonyl (C=O) groups excluding carboxylic acids is 1. The van der Waals surface area contributed by atoms with Gasteiger partial charge in [-0.15, -0.1) is 0 Å². The van der Waals surface area contributed by atoms with E-state index in [1.807, 2.05) is 24.3 Å². The van der Waals surface area contributed by atoms with Gasteiger partial charge >= 0.3 is 0 Å². The second-order valence-electron chi connectivity index (χ2n) is 6.20. The Morgan fingerprint density at radius 1 is 1.07 bits per heavy atom. The molecule has 0 fully saturated rings. The minimum absolute atomic E-state index is 0.0168. The molecule has 0 bridgehead atoms. The molecule has 0 aliphatic carbocycles. The van der Waals surface area contributed by atoms with Crippen LogP contribution in [-0.2, 0) is 14.8 Å². The normalized spacial score (nSPS) is 16.0. The number of fused-ring (bicyclic) bond motifs is 1. The van der Waals surface area contributed by atoms with Gasteiger partial charge < -0.3 is 5.32 Å². The van der Waals surface area contributed by atoms with Crippen LogP contribution in [0.4, 0.5) is 5.69 Å². The van der Waals surface area contributed by atoms with Crippen molar-refractivity contribution in [2.75, 3.05) is 11.9 Å². The molecule has 3 rings (SSSR count). The number of sulfonamides is 1. The fourth-order valence-corrected chi connectivity index (χ4v) is 4.46. The summed E-state index contributed by atoms with van der Waals surface area (Å²) >= 11 is 3.37. The Kier molecular flexibility index (Phi) is 6.28. The molecule has 2 aromatic rings. The van der Waals surface area contributed by atoms with E-state index < -0.39 is 10.0 Å². The van der Waals surface area contributed by atoms with Gasteiger partial charge in [0.2, 0.25) is 5.91 Å². The summed E-state index contributed by atoms with van der Waals surface area (Å²) in [7, 11) is -3.48. The number of hydrogen-bond donors (Lipinski definition) is 2. The number of halogens is 1. The maximum absolute atomic E-state index is 12.0. The van der Waals surface area contributed by atoms with Crippen LogP contribution in [0.2, 0.25) is 0 Å². The van der Waals surface area contributed by atoms with Crippen LogP contribution in [-0.4, -0.2) is 26.7 Å². The highest BCUT2D eigenvalue weighted by Crippen LogP contribution is 2.22. The smallest absolute Gasteiger partial charge is 0.263 e. The first-order chi connectivity index (χ1) is 13.0. The summed E-state index contributed by atoms with van der Waals surface area (Å²) in [4.78, 5) is 16.6. The largest absolute Gasteiger partial charge is 0.326 e. The van der Waals surface area contributed by atoms with Crippen molar-refractivity contribution in [2.24, 2.45) is 4.99 Å². The second-order valence-corrected chi connectivity index (χ2v) is 8.77. The molecule has 2 aromatic carbocycles. The summed E-state index contributed by atoms with van der Waals surface area (Å²) in [5, 5.41) is 2.87. The van der Waals surface area contributed by atoms with E-state index in [1.165, 1.54) is 0 Å². The lowest BCUT2D eigenvalue weighted by Gasteiger charge is -2.05. The minimum Gasteiger partial charge on any atom is -0.326 e. The van der Waals surface area contributed by atoms with Gasteiger partial charge in [-0.05, 0) is 43.2 Å². The summed E-state index contributed by atoms with van der Waals surface area (Å²) < 4.78 is 27.4. The van der Waals surface area contributed by atoms with Crippen molar-refractivity contribution in [3.8, 4) is 0 Å². The van der Waals surface area contributed by atoms with E-state index in [0.29, 0.717) is 24.4 Å². The predicted octanol–water partition coefficient (Wildman–Crippen LogP) is 3.69. The highest BCUT2D eigenvalue weighted by molar-refractivity contribution is 9.10. The minimum atomic E-state index is -3.48. The van der Waals surface area contributed by atoms with Crippen molar-refractivity contribution in [2.45, 2.75) is 30.6 Å². The van der Waals surface area contributed by atoms with Crippen LogP contribution in [0.5, 0.6) is 0 Å². The van der Waals surface area contributed by atoms with Gasteiger partial charge in [-0.1, -0.05) is 40.5 Å². The zero-order valence-electron chi connectivity index (χ0n) is 14.6. The lowest BCUT2D eigenvalue weighted by molar-refractivity contribution is -0.116. The van der Waals surface area contributed by atoms with E-state index in [0.717, 1.165) is 29.4 Å². The maximum atomic E-state index is 12.0. The summed E-state index contributed by atoms with van der Waals surface area (Å²) in [5.41, 5.74) is 1.39. The fourth-order valence-electron chi connectivity index (χ4n) is 2.81. The van der Waals surface area contributed by atoms with Crippen LogP contribution in [0.3, 0.4) is 0 Å². The number of benzene rings is 2. The third-order valence-electron chi connectivity index (χ3n) is 4.10. The zero-order valence-corrected chi connectivity index (χ0v) is 17.0. The van der Waals surface area contributed by atoms with Crippen LogP contribution in [0.15, 0.2) is 62.9 Å². The Labute approximate surface area is 167 Å². The first kappa shape index (κ1) is 19.6. The second kappa shape index (κ2) is 8.67. The molecule has 0 atom stereocenters. The molecule has 1 heterocycles. The van der Waals surface area contributed by atoms with Gasteiger partial charge in [0.25, 0.3) is 10.0 Å². The number of unbranched alkanes of at least 4 members (excludes halogenated alkanes) is 2. The molecule has 1 amide bonds. The first-order valence-electron chi connectivity index (χ1n) is 8.68. The molecular weight excluding hydrogens is 430 g/mol. The van der Waals surface area contributed by atoms with Crippen molar-refractivity contribution in [1.29, 1.82) is 0 Å². The number of amidine groups is 1. The zero-order chi connectivity index (χ0) is 19.3. The molecule has 0 unspecified atom stereocenters.